The normalized spacial score (nSPS) is 25.6. The number of hydrazine groups is 1. The zero-order valence-electron chi connectivity index (χ0n) is 17.2. The molecule has 4 aliphatic rings. The number of amides is 4. The van der Waals surface area contributed by atoms with Gasteiger partial charge in [-0.25, -0.2) is 5.01 Å². The second-order valence-corrected chi connectivity index (χ2v) is 8.75. The van der Waals surface area contributed by atoms with E-state index < -0.39 is 23.8 Å². The maximum atomic E-state index is 13.3. The Balaban J connectivity index is 1.32. The van der Waals surface area contributed by atoms with Crippen LogP contribution in [0.1, 0.15) is 33.6 Å². The first kappa shape index (κ1) is 20.1. The van der Waals surface area contributed by atoms with Gasteiger partial charge in [0.1, 0.15) is 6.04 Å². The topological polar surface area (TPSA) is 119 Å². The number of hydrogen-bond acceptors (Lipinski definition) is 8. The Hall–Kier alpha value is -2.82. The van der Waals surface area contributed by atoms with Crippen molar-refractivity contribution in [2.45, 2.75) is 18.9 Å². The van der Waals surface area contributed by atoms with Gasteiger partial charge in [-0.15, -0.1) is 0 Å². The van der Waals surface area contributed by atoms with E-state index in [1.54, 1.807) is 12.1 Å². The highest BCUT2D eigenvalue weighted by Gasteiger charge is 2.46. The number of hydrogen-bond donors (Lipinski definition) is 2. The molecule has 1 unspecified atom stereocenters. The first-order chi connectivity index (χ1) is 14.9. The molecular formula is C21H26N6O4. The van der Waals surface area contributed by atoms with Crippen molar-refractivity contribution in [1.29, 1.82) is 0 Å². The van der Waals surface area contributed by atoms with E-state index in [-0.39, 0.29) is 18.7 Å². The minimum absolute atomic E-state index is 0.113. The van der Waals surface area contributed by atoms with Crippen LogP contribution in [0.3, 0.4) is 0 Å². The summed E-state index contributed by atoms with van der Waals surface area (Å²) in [6.45, 7) is 6.16. The molecule has 164 valence electrons. The number of nitrogens with one attached hydrogen (secondary N) is 1. The first-order valence-corrected chi connectivity index (χ1v) is 10.7. The number of carbonyl (C=O) groups excluding carboxylic acids is 4. The van der Waals surface area contributed by atoms with Gasteiger partial charge in [-0.2, -0.15) is 0 Å². The van der Waals surface area contributed by atoms with Gasteiger partial charge in [0.15, 0.2) is 0 Å². The zero-order valence-corrected chi connectivity index (χ0v) is 17.2. The number of piperazine rings is 1. The molecular weight excluding hydrogens is 400 g/mol. The molecule has 4 aliphatic heterocycles. The standard InChI is InChI=1S/C21H26N6O4/c22-26-11-13(12-26)10-24-6-8-25(9-7-24)15-3-1-2-14-18(15)21(31)27(20(14)30)16-4-5-17(28)23-19(16)29/h1-3,13,16H,4-12,22H2,(H,23,28,29). The highest BCUT2D eigenvalue weighted by atomic mass is 16.2. The molecule has 1 aromatic rings. The van der Waals surface area contributed by atoms with Crippen molar-refractivity contribution in [3.63, 3.8) is 0 Å². The van der Waals surface area contributed by atoms with Gasteiger partial charge in [-0.3, -0.25) is 40.1 Å². The number of nitrogens with two attached hydrogens (primary N) is 1. The van der Waals surface area contributed by atoms with Gasteiger partial charge in [0.2, 0.25) is 11.8 Å². The summed E-state index contributed by atoms with van der Waals surface area (Å²) >= 11 is 0. The van der Waals surface area contributed by atoms with Crippen LogP contribution in [0.5, 0.6) is 0 Å². The predicted molar refractivity (Wildman–Crippen MR) is 111 cm³/mol. The number of anilines is 1. The summed E-state index contributed by atoms with van der Waals surface area (Å²) in [7, 11) is 0. The molecule has 1 atom stereocenters. The van der Waals surface area contributed by atoms with Crippen LogP contribution in [0.25, 0.3) is 0 Å². The third-order valence-electron chi connectivity index (χ3n) is 6.66. The fourth-order valence-electron chi connectivity index (χ4n) is 5.02. The van der Waals surface area contributed by atoms with Crippen molar-refractivity contribution < 1.29 is 19.2 Å². The smallest absolute Gasteiger partial charge is 0.264 e. The van der Waals surface area contributed by atoms with Crippen molar-refractivity contribution in [1.82, 2.24) is 20.1 Å². The Morgan fingerprint density at radius 3 is 2.42 bits per heavy atom. The summed E-state index contributed by atoms with van der Waals surface area (Å²) < 4.78 is 0. The van der Waals surface area contributed by atoms with Crippen molar-refractivity contribution in [2.75, 3.05) is 50.7 Å². The number of fused-ring (bicyclic) bond motifs is 1. The van der Waals surface area contributed by atoms with Crippen LogP contribution in [0, 0.1) is 5.92 Å². The SMILES string of the molecule is NN1CC(CN2CCN(c3cccc4c3C(=O)N(C3CCC(=O)NC3=O)C4=O)CC2)C1. The van der Waals surface area contributed by atoms with Crippen LogP contribution < -0.4 is 16.1 Å². The Labute approximate surface area is 179 Å². The molecule has 4 heterocycles. The van der Waals surface area contributed by atoms with Crippen LogP contribution in [0.4, 0.5) is 5.69 Å². The van der Waals surface area contributed by atoms with E-state index in [2.05, 4.69) is 15.1 Å². The summed E-state index contributed by atoms with van der Waals surface area (Å²) in [5, 5.41) is 4.06. The van der Waals surface area contributed by atoms with E-state index in [1.807, 2.05) is 11.1 Å². The maximum absolute atomic E-state index is 13.3. The van der Waals surface area contributed by atoms with Crippen LogP contribution in [0.15, 0.2) is 18.2 Å². The molecule has 10 nitrogen and oxygen atoms in total. The minimum atomic E-state index is -0.945. The van der Waals surface area contributed by atoms with E-state index in [0.29, 0.717) is 17.0 Å². The van der Waals surface area contributed by atoms with Gasteiger partial charge in [-0.1, -0.05) is 6.07 Å². The molecule has 0 aromatic heterocycles. The van der Waals surface area contributed by atoms with Gasteiger partial charge in [-0.05, 0) is 24.5 Å². The molecule has 10 heteroatoms. The largest absolute Gasteiger partial charge is 0.368 e. The minimum Gasteiger partial charge on any atom is -0.368 e. The Morgan fingerprint density at radius 1 is 1.00 bits per heavy atom. The lowest BCUT2D eigenvalue weighted by atomic mass is 10.0. The van der Waals surface area contributed by atoms with E-state index in [9.17, 15) is 19.2 Å². The molecule has 3 saturated heterocycles. The van der Waals surface area contributed by atoms with Crippen molar-refractivity contribution in [3.8, 4) is 0 Å². The Morgan fingerprint density at radius 2 is 1.74 bits per heavy atom. The van der Waals surface area contributed by atoms with Gasteiger partial charge in [0.05, 0.1) is 16.8 Å². The first-order valence-electron chi connectivity index (χ1n) is 10.7. The van der Waals surface area contributed by atoms with Crippen molar-refractivity contribution >= 4 is 29.3 Å². The summed E-state index contributed by atoms with van der Waals surface area (Å²) in [6.07, 6.45) is 0.271. The van der Waals surface area contributed by atoms with Crippen LogP contribution in [0.2, 0.25) is 0 Å². The molecule has 3 fully saturated rings. The summed E-state index contributed by atoms with van der Waals surface area (Å²) in [5.41, 5.74) is 1.43. The van der Waals surface area contributed by atoms with E-state index in [0.717, 1.165) is 56.4 Å². The monoisotopic (exact) mass is 426 g/mol. The van der Waals surface area contributed by atoms with Crippen LogP contribution >= 0.6 is 0 Å². The molecule has 0 radical (unpaired) electrons. The summed E-state index contributed by atoms with van der Waals surface area (Å²) in [5.74, 6) is 4.45. The molecule has 5 rings (SSSR count). The van der Waals surface area contributed by atoms with Gasteiger partial charge in [0.25, 0.3) is 11.8 Å². The third kappa shape index (κ3) is 3.50. The molecule has 0 spiro atoms. The van der Waals surface area contributed by atoms with Gasteiger partial charge >= 0.3 is 0 Å². The fraction of sp³-hybridized carbons (Fsp3) is 0.524. The average Bonchev–Trinajstić information content (AvgIpc) is 2.98. The second-order valence-electron chi connectivity index (χ2n) is 8.75. The highest BCUT2D eigenvalue weighted by Crippen LogP contribution is 2.34. The highest BCUT2D eigenvalue weighted by molar-refractivity contribution is 6.25. The number of nitrogens with zero attached hydrogens (tertiary/aromatic N) is 4. The van der Waals surface area contributed by atoms with Gasteiger partial charge in [0, 0.05) is 52.2 Å². The molecule has 3 N–H and O–H groups in total. The Bertz CT molecular complexity index is 951. The van der Waals surface area contributed by atoms with E-state index >= 15 is 0 Å². The van der Waals surface area contributed by atoms with Crippen LogP contribution in [-0.4, -0.2) is 90.3 Å². The second kappa shape index (κ2) is 7.70. The lowest BCUT2D eigenvalue weighted by molar-refractivity contribution is -0.136. The fourth-order valence-corrected chi connectivity index (χ4v) is 5.02. The van der Waals surface area contributed by atoms with Gasteiger partial charge < -0.3 is 4.90 Å². The van der Waals surface area contributed by atoms with Crippen molar-refractivity contribution in [3.05, 3.63) is 29.3 Å². The van der Waals surface area contributed by atoms with E-state index in [1.165, 1.54) is 0 Å². The molecule has 1 aromatic carbocycles. The number of carbonyl (C=O) groups is 4. The number of piperidine rings is 1. The molecule has 0 saturated carbocycles. The average molecular weight is 426 g/mol. The Kier molecular flexibility index (Phi) is 4.99. The van der Waals surface area contributed by atoms with Crippen molar-refractivity contribution in [2.24, 2.45) is 11.8 Å². The van der Waals surface area contributed by atoms with E-state index in [4.69, 9.17) is 5.84 Å². The molecule has 31 heavy (non-hydrogen) atoms. The number of rotatable bonds is 4. The third-order valence-corrected chi connectivity index (χ3v) is 6.66. The maximum Gasteiger partial charge on any atom is 0.264 e. The molecule has 0 bridgehead atoms. The number of imide groups is 2. The zero-order chi connectivity index (χ0) is 21.7. The van der Waals surface area contributed by atoms with Crippen LogP contribution in [-0.2, 0) is 9.59 Å². The number of benzene rings is 1. The summed E-state index contributed by atoms with van der Waals surface area (Å²) in [4.78, 5) is 55.6. The lowest BCUT2D eigenvalue weighted by Crippen LogP contribution is -2.57. The molecule has 4 amide bonds. The summed E-state index contributed by atoms with van der Waals surface area (Å²) in [6, 6.07) is 4.34. The quantitative estimate of drug-likeness (QED) is 0.466. The molecule has 0 aliphatic carbocycles. The predicted octanol–water partition coefficient (Wildman–Crippen LogP) is -0.985. The lowest BCUT2D eigenvalue weighted by Gasteiger charge is -2.42.